The number of ether oxygens (including phenoxy) is 1. The molecule has 2 unspecified atom stereocenters. The Kier molecular flexibility index (Phi) is 5.35. The molecular formula is C14H21Cl2N3O. The van der Waals surface area contributed by atoms with Crippen molar-refractivity contribution < 1.29 is 4.74 Å². The second-order valence-corrected chi connectivity index (χ2v) is 6.03. The van der Waals surface area contributed by atoms with Gasteiger partial charge < -0.3 is 15.0 Å². The summed E-state index contributed by atoms with van der Waals surface area (Å²) in [6.07, 6.45) is 1.35. The average molecular weight is 318 g/mol. The summed E-state index contributed by atoms with van der Waals surface area (Å²) in [7, 11) is 0. The Morgan fingerprint density at radius 3 is 2.55 bits per heavy atom. The Bertz CT molecular complexity index is 460. The van der Waals surface area contributed by atoms with Crippen molar-refractivity contribution in [3.63, 3.8) is 0 Å². The monoisotopic (exact) mass is 317 g/mol. The highest BCUT2D eigenvalue weighted by atomic mass is 35.5. The van der Waals surface area contributed by atoms with E-state index in [1.54, 1.807) is 6.07 Å². The standard InChI is InChI=1S/C14H21Cl2N3O/c1-4-5-17-13-11(15)6-12(16)14(18-13)19-7-9(2)20-10(3)8-19/h6,9-10H,4-5,7-8H2,1-3H3,(H,17,18). The van der Waals surface area contributed by atoms with Gasteiger partial charge in [0.25, 0.3) is 0 Å². The Hall–Kier alpha value is -0.710. The van der Waals surface area contributed by atoms with Crippen LogP contribution in [0, 0.1) is 0 Å². The summed E-state index contributed by atoms with van der Waals surface area (Å²) in [5.74, 6) is 1.47. The van der Waals surface area contributed by atoms with Gasteiger partial charge in [0, 0.05) is 19.6 Å². The molecule has 6 heteroatoms. The Morgan fingerprint density at radius 2 is 1.95 bits per heavy atom. The molecule has 0 spiro atoms. The summed E-state index contributed by atoms with van der Waals surface area (Å²) >= 11 is 12.5. The van der Waals surface area contributed by atoms with Gasteiger partial charge in [0.1, 0.15) is 11.6 Å². The maximum atomic E-state index is 6.31. The van der Waals surface area contributed by atoms with E-state index in [-0.39, 0.29) is 12.2 Å². The van der Waals surface area contributed by atoms with Gasteiger partial charge in [-0.1, -0.05) is 30.1 Å². The van der Waals surface area contributed by atoms with Crippen molar-refractivity contribution in [1.29, 1.82) is 0 Å². The molecule has 112 valence electrons. The van der Waals surface area contributed by atoms with Crippen molar-refractivity contribution in [2.75, 3.05) is 29.9 Å². The topological polar surface area (TPSA) is 37.4 Å². The second-order valence-electron chi connectivity index (χ2n) is 5.21. The van der Waals surface area contributed by atoms with E-state index in [0.717, 1.165) is 31.9 Å². The molecule has 1 aliphatic heterocycles. The van der Waals surface area contributed by atoms with E-state index in [1.165, 1.54) is 0 Å². The van der Waals surface area contributed by atoms with E-state index in [0.29, 0.717) is 15.9 Å². The van der Waals surface area contributed by atoms with Crippen LogP contribution in [0.25, 0.3) is 0 Å². The first-order valence-corrected chi connectivity index (χ1v) is 7.77. The molecule has 0 radical (unpaired) electrons. The van der Waals surface area contributed by atoms with E-state index < -0.39 is 0 Å². The maximum absolute atomic E-state index is 6.31. The number of hydrogen-bond donors (Lipinski definition) is 1. The third-order valence-electron chi connectivity index (χ3n) is 3.17. The highest BCUT2D eigenvalue weighted by Crippen LogP contribution is 2.32. The molecule has 1 fully saturated rings. The summed E-state index contributed by atoms with van der Waals surface area (Å²) in [5.41, 5.74) is 0. The van der Waals surface area contributed by atoms with Gasteiger partial charge >= 0.3 is 0 Å². The zero-order chi connectivity index (χ0) is 14.7. The molecule has 1 N–H and O–H groups in total. The van der Waals surface area contributed by atoms with Crippen LogP contribution in [0.15, 0.2) is 6.07 Å². The molecule has 0 bridgehead atoms. The lowest BCUT2D eigenvalue weighted by molar-refractivity contribution is -0.00544. The van der Waals surface area contributed by atoms with Crippen molar-refractivity contribution in [2.45, 2.75) is 39.4 Å². The third-order valence-corrected chi connectivity index (χ3v) is 3.74. The normalized spacial score (nSPS) is 22.9. The summed E-state index contributed by atoms with van der Waals surface area (Å²) in [6.45, 7) is 8.62. The number of aromatic nitrogens is 1. The second kappa shape index (κ2) is 6.83. The quantitative estimate of drug-likeness (QED) is 0.916. The zero-order valence-corrected chi connectivity index (χ0v) is 13.6. The highest BCUT2D eigenvalue weighted by molar-refractivity contribution is 6.37. The summed E-state index contributed by atoms with van der Waals surface area (Å²) in [4.78, 5) is 6.76. The molecule has 1 aromatic heterocycles. The Balaban J connectivity index is 2.25. The lowest BCUT2D eigenvalue weighted by Crippen LogP contribution is -2.46. The van der Waals surface area contributed by atoms with Gasteiger partial charge in [-0.3, -0.25) is 0 Å². The SMILES string of the molecule is CCCNc1nc(N2CC(C)OC(C)C2)c(Cl)cc1Cl. The first kappa shape index (κ1) is 15.7. The number of nitrogens with zero attached hydrogens (tertiary/aromatic N) is 2. The first-order chi connectivity index (χ1) is 9.51. The zero-order valence-electron chi connectivity index (χ0n) is 12.1. The lowest BCUT2D eigenvalue weighted by atomic mass is 10.2. The fourth-order valence-corrected chi connectivity index (χ4v) is 2.94. The van der Waals surface area contributed by atoms with Crippen molar-refractivity contribution in [3.8, 4) is 0 Å². The number of pyridine rings is 1. The maximum Gasteiger partial charge on any atom is 0.150 e. The van der Waals surface area contributed by atoms with Crippen LogP contribution in [0.3, 0.4) is 0 Å². The molecule has 2 rings (SSSR count). The van der Waals surface area contributed by atoms with Crippen LogP contribution in [-0.4, -0.2) is 36.8 Å². The number of halogens is 2. The van der Waals surface area contributed by atoms with Crippen LogP contribution in [0.2, 0.25) is 10.0 Å². The van der Waals surface area contributed by atoms with E-state index in [2.05, 4.69) is 36.0 Å². The third kappa shape index (κ3) is 3.68. The Labute approximate surface area is 130 Å². The van der Waals surface area contributed by atoms with Crippen molar-refractivity contribution in [1.82, 2.24) is 4.98 Å². The largest absolute Gasteiger partial charge is 0.372 e. The van der Waals surface area contributed by atoms with Crippen LogP contribution in [0.5, 0.6) is 0 Å². The van der Waals surface area contributed by atoms with E-state index >= 15 is 0 Å². The predicted molar refractivity (Wildman–Crippen MR) is 85.3 cm³/mol. The molecule has 1 aliphatic rings. The fraction of sp³-hybridized carbons (Fsp3) is 0.643. The average Bonchev–Trinajstić information content (AvgIpc) is 2.36. The van der Waals surface area contributed by atoms with Crippen LogP contribution < -0.4 is 10.2 Å². The minimum Gasteiger partial charge on any atom is -0.372 e. The number of rotatable bonds is 4. The van der Waals surface area contributed by atoms with Gasteiger partial charge in [-0.2, -0.15) is 0 Å². The smallest absolute Gasteiger partial charge is 0.150 e. The fourth-order valence-electron chi connectivity index (χ4n) is 2.40. The van der Waals surface area contributed by atoms with Crippen molar-refractivity contribution in [3.05, 3.63) is 16.1 Å². The van der Waals surface area contributed by atoms with E-state index in [1.807, 2.05) is 0 Å². The van der Waals surface area contributed by atoms with Crippen LogP contribution in [-0.2, 0) is 4.74 Å². The van der Waals surface area contributed by atoms with Gasteiger partial charge in [-0.25, -0.2) is 4.98 Å². The van der Waals surface area contributed by atoms with Gasteiger partial charge in [0.15, 0.2) is 0 Å². The minimum absolute atomic E-state index is 0.166. The van der Waals surface area contributed by atoms with Gasteiger partial charge in [0.2, 0.25) is 0 Å². The molecular weight excluding hydrogens is 297 g/mol. The number of nitrogens with one attached hydrogen (secondary N) is 1. The van der Waals surface area contributed by atoms with E-state index in [4.69, 9.17) is 27.9 Å². The van der Waals surface area contributed by atoms with Gasteiger partial charge in [-0.15, -0.1) is 0 Å². The van der Waals surface area contributed by atoms with Crippen LogP contribution >= 0.6 is 23.2 Å². The molecule has 0 amide bonds. The van der Waals surface area contributed by atoms with Crippen molar-refractivity contribution >= 4 is 34.8 Å². The minimum atomic E-state index is 0.166. The number of anilines is 2. The molecule has 1 saturated heterocycles. The van der Waals surface area contributed by atoms with Gasteiger partial charge in [-0.05, 0) is 26.3 Å². The number of morpholine rings is 1. The molecule has 0 aliphatic carbocycles. The molecule has 0 aromatic carbocycles. The van der Waals surface area contributed by atoms with E-state index in [9.17, 15) is 0 Å². The summed E-state index contributed by atoms with van der Waals surface area (Å²) < 4.78 is 5.74. The van der Waals surface area contributed by atoms with Crippen LogP contribution in [0.1, 0.15) is 27.2 Å². The van der Waals surface area contributed by atoms with Crippen molar-refractivity contribution in [2.24, 2.45) is 0 Å². The summed E-state index contributed by atoms with van der Waals surface area (Å²) in [5, 5.41) is 4.37. The predicted octanol–water partition coefficient (Wildman–Crippen LogP) is 3.82. The molecule has 2 heterocycles. The highest BCUT2D eigenvalue weighted by Gasteiger charge is 2.25. The number of hydrogen-bond acceptors (Lipinski definition) is 4. The lowest BCUT2D eigenvalue weighted by Gasteiger charge is -2.36. The molecule has 2 atom stereocenters. The summed E-state index contributed by atoms with van der Waals surface area (Å²) in [6, 6.07) is 1.76. The van der Waals surface area contributed by atoms with Gasteiger partial charge in [0.05, 0.1) is 22.3 Å². The molecule has 0 saturated carbocycles. The van der Waals surface area contributed by atoms with Crippen LogP contribution in [0.4, 0.5) is 11.6 Å². The molecule has 1 aromatic rings. The molecule has 4 nitrogen and oxygen atoms in total. The Morgan fingerprint density at radius 1 is 1.30 bits per heavy atom. The molecule has 20 heavy (non-hydrogen) atoms. The first-order valence-electron chi connectivity index (χ1n) is 7.01.